The summed E-state index contributed by atoms with van der Waals surface area (Å²) in [7, 11) is 3.54. The van der Waals surface area contributed by atoms with E-state index in [-0.39, 0.29) is 29.8 Å². The fraction of sp³-hybridized carbons (Fsp3) is 0.333. The number of anilines is 1. The third-order valence-corrected chi connectivity index (χ3v) is 4.16. The van der Waals surface area contributed by atoms with Crippen LogP contribution in [0.2, 0.25) is 0 Å². The summed E-state index contributed by atoms with van der Waals surface area (Å²) in [6.45, 7) is 3.51. The lowest BCUT2D eigenvalue weighted by atomic mass is 10.1. The Morgan fingerprint density at radius 1 is 1.21 bits per heavy atom. The molecule has 1 aromatic carbocycles. The molecule has 0 radical (unpaired) electrons. The Kier molecular flexibility index (Phi) is 7.91. The van der Waals surface area contributed by atoms with Crippen molar-refractivity contribution in [2.45, 2.75) is 13.5 Å². The molecule has 0 bridgehead atoms. The van der Waals surface area contributed by atoms with Gasteiger partial charge in [-0.15, -0.1) is 24.0 Å². The van der Waals surface area contributed by atoms with Gasteiger partial charge in [0, 0.05) is 33.7 Å². The molecule has 8 nitrogen and oxygen atoms in total. The SMILES string of the molecule is CN=C(NCCNc1ncnc2c1cnn2C)NCc1ccc(C)c(F)c1.I. The molecule has 3 rings (SSSR count). The third kappa shape index (κ3) is 5.27. The van der Waals surface area contributed by atoms with Crippen LogP contribution in [0.3, 0.4) is 0 Å². The van der Waals surface area contributed by atoms with E-state index in [1.807, 2.05) is 13.1 Å². The summed E-state index contributed by atoms with van der Waals surface area (Å²) in [5, 5.41) is 14.7. The first-order valence-electron chi connectivity index (χ1n) is 8.64. The monoisotopic (exact) mass is 498 g/mol. The average Bonchev–Trinajstić information content (AvgIpc) is 3.06. The Morgan fingerprint density at radius 3 is 2.79 bits per heavy atom. The number of benzene rings is 1. The van der Waals surface area contributed by atoms with E-state index in [0.717, 1.165) is 22.4 Å². The number of aromatic nitrogens is 4. The zero-order chi connectivity index (χ0) is 19.2. The summed E-state index contributed by atoms with van der Waals surface area (Å²) in [4.78, 5) is 12.7. The van der Waals surface area contributed by atoms with E-state index in [1.165, 1.54) is 12.4 Å². The molecule has 2 heterocycles. The van der Waals surface area contributed by atoms with Crippen molar-refractivity contribution in [2.75, 3.05) is 25.5 Å². The number of nitrogens with one attached hydrogen (secondary N) is 3. The largest absolute Gasteiger partial charge is 0.368 e. The van der Waals surface area contributed by atoms with Crippen molar-refractivity contribution in [3.05, 3.63) is 47.7 Å². The van der Waals surface area contributed by atoms with Crippen LogP contribution in [0.4, 0.5) is 10.2 Å². The number of rotatable bonds is 6. The van der Waals surface area contributed by atoms with Gasteiger partial charge in [-0.05, 0) is 24.1 Å². The molecular formula is C18H24FIN8. The van der Waals surface area contributed by atoms with Crippen molar-refractivity contribution in [3.8, 4) is 0 Å². The van der Waals surface area contributed by atoms with Crippen molar-refractivity contribution < 1.29 is 4.39 Å². The lowest BCUT2D eigenvalue weighted by Gasteiger charge is -2.13. The summed E-state index contributed by atoms with van der Waals surface area (Å²) in [5.41, 5.74) is 2.28. The highest BCUT2D eigenvalue weighted by molar-refractivity contribution is 14.0. The van der Waals surface area contributed by atoms with E-state index in [0.29, 0.717) is 31.2 Å². The molecular weight excluding hydrogens is 474 g/mol. The highest BCUT2D eigenvalue weighted by Gasteiger charge is 2.07. The average molecular weight is 498 g/mol. The van der Waals surface area contributed by atoms with E-state index >= 15 is 0 Å². The molecule has 0 aliphatic carbocycles. The molecule has 0 aliphatic rings. The van der Waals surface area contributed by atoms with E-state index in [2.05, 4.69) is 36.0 Å². The van der Waals surface area contributed by atoms with Gasteiger partial charge in [0.25, 0.3) is 0 Å². The number of fused-ring (bicyclic) bond motifs is 1. The molecule has 10 heteroatoms. The summed E-state index contributed by atoms with van der Waals surface area (Å²) in [5.74, 6) is 1.19. The van der Waals surface area contributed by atoms with E-state index < -0.39 is 0 Å². The minimum atomic E-state index is -0.201. The van der Waals surface area contributed by atoms with Gasteiger partial charge in [-0.25, -0.2) is 14.4 Å². The Morgan fingerprint density at radius 2 is 2.04 bits per heavy atom. The van der Waals surface area contributed by atoms with Crippen LogP contribution in [0.25, 0.3) is 11.0 Å². The second-order valence-corrected chi connectivity index (χ2v) is 6.09. The Balaban J connectivity index is 0.00000280. The van der Waals surface area contributed by atoms with E-state index in [4.69, 9.17) is 0 Å². The zero-order valence-electron chi connectivity index (χ0n) is 16.0. The van der Waals surface area contributed by atoms with Crippen molar-refractivity contribution in [2.24, 2.45) is 12.0 Å². The van der Waals surface area contributed by atoms with Crippen LogP contribution in [0.1, 0.15) is 11.1 Å². The first kappa shape index (κ1) is 21.8. The van der Waals surface area contributed by atoms with Gasteiger partial charge >= 0.3 is 0 Å². The molecule has 0 spiro atoms. The Hall–Kier alpha value is -2.50. The van der Waals surface area contributed by atoms with Crippen molar-refractivity contribution in [1.29, 1.82) is 0 Å². The number of guanidine groups is 1. The fourth-order valence-corrected chi connectivity index (χ4v) is 2.62. The number of hydrogen-bond donors (Lipinski definition) is 3. The smallest absolute Gasteiger partial charge is 0.191 e. The number of aryl methyl sites for hydroxylation is 2. The summed E-state index contributed by atoms with van der Waals surface area (Å²) in [6.07, 6.45) is 3.26. The molecule has 150 valence electrons. The van der Waals surface area contributed by atoms with Gasteiger partial charge in [-0.3, -0.25) is 9.67 Å². The van der Waals surface area contributed by atoms with Gasteiger partial charge in [-0.2, -0.15) is 5.10 Å². The molecule has 0 amide bonds. The standard InChI is InChI=1S/C18H23FN8.HI/c1-12-4-5-13(8-15(12)19)9-23-18(20-2)22-7-6-21-16-14-10-26-27(3)17(14)25-11-24-16;/h4-5,8,10-11H,6-7,9H2,1-3H3,(H2,20,22,23)(H,21,24,25);1H. The maximum atomic E-state index is 13.6. The van der Waals surface area contributed by atoms with Crippen LogP contribution < -0.4 is 16.0 Å². The quantitative estimate of drug-likeness (QED) is 0.209. The summed E-state index contributed by atoms with van der Waals surface area (Å²) < 4.78 is 15.3. The predicted molar refractivity (Wildman–Crippen MR) is 120 cm³/mol. The number of hydrogen-bond acceptors (Lipinski definition) is 5. The fourth-order valence-electron chi connectivity index (χ4n) is 2.62. The molecule has 0 aliphatic heterocycles. The molecule has 0 saturated heterocycles. The van der Waals surface area contributed by atoms with Gasteiger partial charge < -0.3 is 16.0 Å². The van der Waals surface area contributed by atoms with Gasteiger partial charge in [-0.1, -0.05) is 12.1 Å². The molecule has 3 N–H and O–H groups in total. The summed E-state index contributed by atoms with van der Waals surface area (Å²) >= 11 is 0. The topological polar surface area (TPSA) is 92.1 Å². The number of aliphatic imine (C=N–C) groups is 1. The lowest BCUT2D eigenvalue weighted by molar-refractivity contribution is 0.615. The molecule has 2 aromatic heterocycles. The van der Waals surface area contributed by atoms with E-state index in [9.17, 15) is 4.39 Å². The normalized spacial score (nSPS) is 11.2. The van der Waals surface area contributed by atoms with Crippen molar-refractivity contribution in [3.63, 3.8) is 0 Å². The van der Waals surface area contributed by atoms with Crippen molar-refractivity contribution >= 4 is 46.8 Å². The second-order valence-electron chi connectivity index (χ2n) is 6.09. The Bertz CT molecular complexity index is 956. The zero-order valence-corrected chi connectivity index (χ0v) is 18.4. The Labute approximate surface area is 180 Å². The van der Waals surface area contributed by atoms with Crippen LogP contribution in [0, 0.1) is 12.7 Å². The minimum Gasteiger partial charge on any atom is -0.368 e. The van der Waals surface area contributed by atoms with Gasteiger partial charge in [0.2, 0.25) is 0 Å². The van der Waals surface area contributed by atoms with Gasteiger partial charge in [0.1, 0.15) is 18.0 Å². The molecule has 0 atom stereocenters. The predicted octanol–water partition coefficient (Wildman–Crippen LogP) is 2.21. The molecule has 28 heavy (non-hydrogen) atoms. The second kappa shape index (κ2) is 10.2. The molecule has 0 saturated carbocycles. The first-order chi connectivity index (χ1) is 13.1. The molecule has 0 fully saturated rings. The maximum absolute atomic E-state index is 13.6. The van der Waals surface area contributed by atoms with Crippen molar-refractivity contribution in [1.82, 2.24) is 30.4 Å². The highest BCUT2D eigenvalue weighted by atomic mass is 127. The van der Waals surface area contributed by atoms with Crippen LogP contribution in [-0.2, 0) is 13.6 Å². The third-order valence-electron chi connectivity index (χ3n) is 4.16. The number of nitrogens with zero attached hydrogens (tertiary/aromatic N) is 5. The van der Waals surface area contributed by atoms with Crippen LogP contribution in [0.15, 0.2) is 35.7 Å². The van der Waals surface area contributed by atoms with Crippen LogP contribution in [-0.4, -0.2) is 45.8 Å². The minimum absolute atomic E-state index is 0. The van der Waals surface area contributed by atoms with Crippen LogP contribution in [0.5, 0.6) is 0 Å². The highest BCUT2D eigenvalue weighted by Crippen LogP contribution is 2.17. The van der Waals surface area contributed by atoms with Gasteiger partial charge in [0.15, 0.2) is 11.6 Å². The van der Waals surface area contributed by atoms with E-state index in [1.54, 1.807) is 30.9 Å². The van der Waals surface area contributed by atoms with Crippen LogP contribution >= 0.6 is 24.0 Å². The van der Waals surface area contributed by atoms with Gasteiger partial charge in [0.05, 0.1) is 11.6 Å². The lowest BCUT2D eigenvalue weighted by Crippen LogP contribution is -2.39. The molecule has 3 aromatic rings. The summed E-state index contributed by atoms with van der Waals surface area (Å²) in [6, 6.07) is 5.20. The molecule has 0 unspecified atom stereocenters. The first-order valence-corrected chi connectivity index (χ1v) is 8.64. The number of halogens is 2. The maximum Gasteiger partial charge on any atom is 0.191 e.